The van der Waals surface area contributed by atoms with Gasteiger partial charge >= 0.3 is 11.9 Å². The monoisotopic (exact) mass is 254 g/mol. The summed E-state index contributed by atoms with van der Waals surface area (Å²) in [5.41, 5.74) is 1.43. The Morgan fingerprint density at radius 1 is 1.22 bits per heavy atom. The minimum Gasteiger partial charge on any atom is -0.464 e. The van der Waals surface area contributed by atoms with Gasteiger partial charge in [-0.15, -0.1) is 0 Å². The molecule has 0 fully saturated rings. The number of rotatable bonds is 5. The highest BCUT2D eigenvalue weighted by Gasteiger charge is 2.33. The third kappa shape index (κ3) is 3.09. The molecule has 0 atom stereocenters. The van der Waals surface area contributed by atoms with E-state index in [-0.39, 0.29) is 13.2 Å². The van der Waals surface area contributed by atoms with Crippen LogP contribution in [0.2, 0.25) is 0 Å². The Morgan fingerprint density at radius 2 is 1.72 bits per heavy atom. The zero-order valence-corrected chi connectivity index (χ0v) is 11.1. The van der Waals surface area contributed by atoms with Gasteiger partial charge in [-0.1, -0.05) is 0 Å². The van der Waals surface area contributed by atoms with E-state index in [0.717, 1.165) is 5.69 Å². The van der Waals surface area contributed by atoms with Gasteiger partial charge < -0.3 is 9.47 Å². The van der Waals surface area contributed by atoms with Crippen LogP contribution in [-0.4, -0.2) is 34.9 Å². The van der Waals surface area contributed by atoms with Gasteiger partial charge in [0.1, 0.15) is 0 Å². The average molecular weight is 254 g/mol. The Labute approximate surface area is 106 Å². The predicted octanol–water partition coefficient (Wildman–Crippen LogP) is 1.17. The van der Waals surface area contributed by atoms with Crippen LogP contribution >= 0.6 is 0 Å². The van der Waals surface area contributed by atoms with Gasteiger partial charge in [0.05, 0.1) is 18.9 Å². The maximum absolute atomic E-state index is 11.8. The molecule has 0 aliphatic rings. The van der Waals surface area contributed by atoms with E-state index in [1.165, 1.54) is 4.68 Å². The molecule has 18 heavy (non-hydrogen) atoms. The Bertz CT molecular complexity index is 421. The van der Waals surface area contributed by atoms with Crippen molar-refractivity contribution in [2.24, 2.45) is 0 Å². The summed E-state index contributed by atoms with van der Waals surface area (Å²) in [7, 11) is 0. The quantitative estimate of drug-likeness (QED) is 0.582. The molecule has 1 aromatic rings. The second-order valence-electron chi connectivity index (χ2n) is 3.78. The fraction of sp³-hybridized carbons (Fsp3) is 0.583. The number of carbonyl (C=O) groups excluding carboxylic acids is 2. The number of nitrogens with zero attached hydrogens (tertiary/aromatic N) is 2. The lowest BCUT2D eigenvalue weighted by molar-refractivity contribution is -0.160. The molecule has 0 aliphatic carbocycles. The van der Waals surface area contributed by atoms with E-state index in [1.54, 1.807) is 33.8 Å². The fourth-order valence-corrected chi connectivity index (χ4v) is 1.65. The summed E-state index contributed by atoms with van der Waals surface area (Å²) in [4.78, 5) is 23.7. The molecule has 0 saturated heterocycles. The second-order valence-corrected chi connectivity index (χ2v) is 3.78. The van der Waals surface area contributed by atoms with Crippen molar-refractivity contribution in [1.29, 1.82) is 0 Å². The van der Waals surface area contributed by atoms with Crippen molar-refractivity contribution < 1.29 is 19.1 Å². The van der Waals surface area contributed by atoms with Crippen LogP contribution in [-0.2, 0) is 19.1 Å². The van der Waals surface area contributed by atoms with Gasteiger partial charge in [0.15, 0.2) is 0 Å². The Morgan fingerprint density at radius 3 is 2.06 bits per heavy atom. The standard InChI is InChI=1S/C12H18N2O4/c1-5-17-11(15)10(12(16)18-6-2)14-9(4)7-8(3)13-14/h7,10H,5-6H2,1-4H3. The first kappa shape index (κ1) is 14.2. The molecular formula is C12H18N2O4. The van der Waals surface area contributed by atoms with Gasteiger partial charge in [-0.05, 0) is 33.8 Å². The predicted molar refractivity (Wildman–Crippen MR) is 64.0 cm³/mol. The Kier molecular flexibility index (Phi) is 4.88. The topological polar surface area (TPSA) is 70.4 Å². The lowest BCUT2D eigenvalue weighted by Gasteiger charge is -2.16. The SMILES string of the molecule is CCOC(=O)C(C(=O)OCC)n1nc(C)cc1C. The van der Waals surface area contributed by atoms with Crippen molar-refractivity contribution in [3.05, 3.63) is 17.5 Å². The van der Waals surface area contributed by atoms with E-state index >= 15 is 0 Å². The van der Waals surface area contributed by atoms with E-state index in [1.807, 2.05) is 0 Å². The summed E-state index contributed by atoms with van der Waals surface area (Å²) in [6, 6.07) is 0.615. The van der Waals surface area contributed by atoms with Crippen LogP contribution in [0.5, 0.6) is 0 Å². The van der Waals surface area contributed by atoms with Crippen LogP contribution in [0.1, 0.15) is 31.3 Å². The first-order valence-corrected chi connectivity index (χ1v) is 5.87. The average Bonchev–Trinajstić information content (AvgIpc) is 2.59. The second kappa shape index (κ2) is 6.18. The van der Waals surface area contributed by atoms with E-state index in [4.69, 9.17) is 9.47 Å². The van der Waals surface area contributed by atoms with Gasteiger partial charge in [-0.3, -0.25) is 0 Å². The van der Waals surface area contributed by atoms with Gasteiger partial charge in [0.2, 0.25) is 6.04 Å². The maximum atomic E-state index is 11.8. The normalized spacial score (nSPS) is 10.5. The van der Waals surface area contributed by atoms with Gasteiger partial charge in [0, 0.05) is 5.69 Å². The van der Waals surface area contributed by atoms with Crippen molar-refractivity contribution in [1.82, 2.24) is 9.78 Å². The molecule has 0 saturated carbocycles. The van der Waals surface area contributed by atoms with Crippen molar-refractivity contribution in [2.75, 3.05) is 13.2 Å². The molecule has 6 heteroatoms. The first-order valence-electron chi connectivity index (χ1n) is 5.87. The molecule has 0 aromatic carbocycles. The molecule has 100 valence electrons. The summed E-state index contributed by atoms with van der Waals surface area (Å²) in [6.45, 7) is 7.33. The summed E-state index contributed by atoms with van der Waals surface area (Å²) in [6.07, 6.45) is 0. The van der Waals surface area contributed by atoms with Gasteiger partial charge in [0.25, 0.3) is 0 Å². The van der Waals surface area contributed by atoms with E-state index < -0.39 is 18.0 Å². The molecule has 1 rings (SSSR count). The van der Waals surface area contributed by atoms with E-state index in [2.05, 4.69) is 5.10 Å². The molecule has 1 aromatic heterocycles. The number of esters is 2. The zero-order chi connectivity index (χ0) is 13.7. The summed E-state index contributed by atoms with van der Waals surface area (Å²) in [5.74, 6) is -1.30. The number of hydrogen-bond acceptors (Lipinski definition) is 5. The van der Waals surface area contributed by atoms with Crippen molar-refractivity contribution >= 4 is 11.9 Å². The lowest BCUT2D eigenvalue weighted by atomic mass is 10.3. The van der Waals surface area contributed by atoms with Crippen molar-refractivity contribution in [2.45, 2.75) is 33.7 Å². The third-order valence-electron chi connectivity index (χ3n) is 2.31. The smallest absolute Gasteiger partial charge is 0.342 e. The van der Waals surface area contributed by atoms with Crippen LogP contribution in [0.25, 0.3) is 0 Å². The summed E-state index contributed by atoms with van der Waals surface area (Å²) >= 11 is 0. The minimum atomic E-state index is -1.17. The van der Waals surface area contributed by atoms with Crippen LogP contribution in [0.15, 0.2) is 6.07 Å². The van der Waals surface area contributed by atoms with Crippen LogP contribution < -0.4 is 0 Å². The molecule has 0 radical (unpaired) electrons. The molecule has 0 aliphatic heterocycles. The highest BCUT2D eigenvalue weighted by molar-refractivity contribution is 5.97. The van der Waals surface area contributed by atoms with Crippen molar-refractivity contribution in [3.63, 3.8) is 0 Å². The molecular weight excluding hydrogens is 236 g/mol. The van der Waals surface area contributed by atoms with Gasteiger partial charge in [-0.25, -0.2) is 14.3 Å². The van der Waals surface area contributed by atoms with Gasteiger partial charge in [-0.2, -0.15) is 5.10 Å². The van der Waals surface area contributed by atoms with Crippen LogP contribution in [0.3, 0.4) is 0 Å². The highest BCUT2D eigenvalue weighted by Crippen LogP contribution is 2.15. The van der Waals surface area contributed by atoms with Crippen LogP contribution in [0, 0.1) is 13.8 Å². The number of aryl methyl sites for hydroxylation is 2. The number of carbonyl (C=O) groups is 2. The number of ether oxygens (including phenoxy) is 2. The van der Waals surface area contributed by atoms with Crippen LogP contribution in [0.4, 0.5) is 0 Å². The Balaban J connectivity index is 3.07. The summed E-state index contributed by atoms with van der Waals surface area (Å²) in [5, 5.41) is 4.13. The summed E-state index contributed by atoms with van der Waals surface area (Å²) < 4.78 is 11.1. The number of hydrogen-bond donors (Lipinski definition) is 0. The lowest BCUT2D eigenvalue weighted by Crippen LogP contribution is -2.32. The molecule has 0 spiro atoms. The minimum absolute atomic E-state index is 0.202. The molecule has 0 amide bonds. The molecule has 0 bridgehead atoms. The highest BCUT2D eigenvalue weighted by atomic mass is 16.6. The molecule has 1 heterocycles. The van der Waals surface area contributed by atoms with Crippen molar-refractivity contribution in [3.8, 4) is 0 Å². The number of aromatic nitrogens is 2. The maximum Gasteiger partial charge on any atom is 0.342 e. The Hall–Kier alpha value is -1.85. The van der Waals surface area contributed by atoms with E-state index in [0.29, 0.717) is 5.69 Å². The molecule has 6 nitrogen and oxygen atoms in total. The zero-order valence-electron chi connectivity index (χ0n) is 11.1. The van der Waals surface area contributed by atoms with E-state index in [9.17, 15) is 9.59 Å². The molecule has 0 unspecified atom stereocenters. The first-order chi connectivity index (χ1) is 8.51. The molecule has 0 N–H and O–H groups in total. The largest absolute Gasteiger partial charge is 0.464 e. The fourth-order valence-electron chi connectivity index (χ4n) is 1.65. The third-order valence-corrected chi connectivity index (χ3v) is 2.31.